The Morgan fingerprint density at radius 1 is 1.57 bits per heavy atom. The molecular formula is C14H14FN5O. The number of benzene rings is 1. The number of aryl methyl sites for hydroxylation is 2. The molecule has 0 radical (unpaired) electrons. The Labute approximate surface area is 121 Å². The van der Waals surface area contributed by atoms with Gasteiger partial charge in [-0.05, 0) is 24.6 Å². The molecule has 1 amide bonds. The van der Waals surface area contributed by atoms with Gasteiger partial charge in [0.1, 0.15) is 11.5 Å². The van der Waals surface area contributed by atoms with Crippen LogP contribution in [-0.4, -0.2) is 15.7 Å². The van der Waals surface area contributed by atoms with Gasteiger partial charge in [-0.15, -0.1) is 0 Å². The Hall–Kier alpha value is -2.88. The third-order valence-electron chi connectivity index (χ3n) is 3.06. The number of hydrogen-bond donors (Lipinski definition) is 2. The van der Waals surface area contributed by atoms with Gasteiger partial charge in [0.25, 0.3) is 5.91 Å². The van der Waals surface area contributed by atoms with E-state index in [4.69, 9.17) is 11.0 Å². The number of amides is 1. The summed E-state index contributed by atoms with van der Waals surface area (Å²) < 4.78 is 15.1. The van der Waals surface area contributed by atoms with Crippen molar-refractivity contribution in [2.75, 3.05) is 11.1 Å². The van der Waals surface area contributed by atoms with Crippen LogP contribution in [0.25, 0.3) is 0 Å². The molecule has 1 aromatic carbocycles. The Bertz CT molecular complexity index is 745. The van der Waals surface area contributed by atoms with Crippen molar-refractivity contribution in [2.45, 2.75) is 13.3 Å². The predicted octanol–water partition coefficient (Wildman–Crippen LogP) is 1.83. The van der Waals surface area contributed by atoms with Gasteiger partial charge in [0.2, 0.25) is 0 Å². The van der Waals surface area contributed by atoms with Gasteiger partial charge in [-0.2, -0.15) is 10.4 Å². The first-order chi connectivity index (χ1) is 9.97. The van der Waals surface area contributed by atoms with Crippen molar-refractivity contribution in [3.63, 3.8) is 0 Å². The van der Waals surface area contributed by atoms with Crippen LogP contribution in [-0.2, 0) is 13.5 Å². The molecule has 0 saturated heterocycles. The molecule has 0 aliphatic heterocycles. The first-order valence-corrected chi connectivity index (χ1v) is 6.30. The average molecular weight is 287 g/mol. The molecular weight excluding hydrogens is 273 g/mol. The minimum atomic E-state index is -0.682. The van der Waals surface area contributed by atoms with Crippen molar-refractivity contribution in [3.8, 4) is 6.07 Å². The van der Waals surface area contributed by atoms with Crippen LogP contribution >= 0.6 is 0 Å². The summed E-state index contributed by atoms with van der Waals surface area (Å²) in [7, 11) is 1.60. The molecule has 0 spiro atoms. The van der Waals surface area contributed by atoms with E-state index in [-0.39, 0.29) is 22.6 Å². The molecule has 108 valence electrons. The lowest BCUT2D eigenvalue weighted by Gasteiger charge is -2.07. The summed E-state index contributed by atoms with van der Waals surface area (Å²) in [4.78, 5) is 12.2. The number of rotatable bonds is 3. The Kier molecular flexibility index (Phi) is 3.89. The Morgan fingerprint density at radius 3 is 2.81 bits per heavy atom. The van der Waals surface area contributed by atoms with E-state index in [0.717, 1.165) is 6.07 Å². The lowest BCUT2D eigenvalue weighted by Crippen LogP contribution is -2.18. The Morgan fingerprint density at radius 2 is 2.29 bits per heavy atom. The number of nitriles is 1. The number of nitrogens with one attached hydrogen (secondary N) is 1. The zero-order valence-electron chi connectivity index (χ0n) is 11.6. The quantitative estimate of drug-likeness (QED) is 0.900. The van der Waals surface area contributed by atoms with Gasteiger partial charge in [0, 0.05) is 7.05 Å². The summed E-state index contributed by atoms with van der Waals surface area (Å²) in [5, 5.41) is 15.3. The number of nitrogen functional groups attached to an aromatic ring is 1. The van der Waals surface area contributed by atoms with E-state index in [2.05, 4.69) is 10.4 Å². The first kappa shape index (κ1) is 14.5. The molecule has 0 atom stereocenters. The molecule has 6 nitrogen and oxygen atoms in total. The Balaban J connectivity index is 2.31. The summed E-state index contributed by atoms with van der Waals surface area (Å²) in [5.41, 5.74) is 7.11. The minimum Gasteiger partial charge on any atom is -0.395 e. The van der Waals surface area contributed by atoms with E-state index in [1.807, 2.05) is 13.0 Å². The second-order valence-corrected chi connectivity index (χ2v) is 4.45. The summed E-state index contributed by atoms with van der Waals surface area (Å²) in [5.74, 6) is -1.23. The highest BCUT2D eigenvalue weighted by molar-refractivity contribution is 6.06. The molecule has 3 N–H and O–H groups in total. The standard InChI is InChI=1S/C14H14FN5O/c1-3-10-12(17)13(20(2)19-10)14(21)18-11-5-4-8(7-16)6-9(11)15/h4-6H,3,17H2,1-2H3,(H,18,21). The molecule has 21 heavy (non-hydrogen) atoms. The molecule has 0 aliphatic rings. The highest BCUT2D eigenvalue weighted by atomic mass is 19.1. The molecule has 0 bridgehead atoms. The summed E-state index contributed by atoms with van der Waals surface area (Å²) in [6, 6.07) is 5.63. The van der Waals surface area contributed by atoms with E-state index < -0.39 is 11.7 Å². The first-order valence-electron chi connectivity index (χ1n) is 6.30. The van der Waals surface area contributed by atoms with Crippen molar-refractivity contribution in [3.05, 3.63) is 41.0 Å². The molecule has 1 aromatic heterocycles. The smallest absolute Gasteiger partial charge is 0.276 e. The maximum Gasteiger partial charge on any atom is 0.276 e. The molecule has 2 aromatic rings. The minimum absolute atomic E-state index is 0.0161. The predicted molar refractivity (Wildman–Crippen MR) is 76.1 cm³/mol. The van der Waals surface area contributed by atoms with Crippen molar-refractivity contribution in [1.82, 2.24) is 9.78 Å². The van der Waals surface area contributed by atoms with E-state index in [0.29, 0.717) is 12.1 Å². The maximum absolute atomic E-state index is 13.8. The van der Waals surface area contributed by atoms with Crippen LogP contribution in [0.3, 0.4) is 0 Å². The van der Waals surface area contributed by atoms with E-state index >= 15 is 0 Å². The molecule has 0 fully saturated rings. The lowest BCUT2D eigenvalue weighted by molar-refractivity contribution is 0.101. The molecule has 2 rings (SSSR count). The van der Waals surface area contributed by atoms with E-state index in [1.165, 1.54) is 16.8 Å². The van der Waals surface area contributed by atoms with Crippen LogP contribution in [0.2, 0.25) is 0 Å². The normalized spacial score (nSPS) is 10.2. The molecule has 7 heteroatoms. The third-order valence-corrected chi connectivity index (χ3v) is 3.06. The van der Waals surface area contributed by atoms with Crippen LogP contribution in [0, 0.1) is 17.1 Å². The highest BCUT2D eigenvalue weighted by Crippen LogP contribution is 2.20. The van der Waals surface area contributed by atoms with Crippen LogP contribution in [0.5, 0.6) is 0 Å². The van der Waals surface area contributed by atoms with E-state index in [1.54, 1.807) is 7.05 Å². The van der Waals surface area contributed by atoms with Crippen molar-refractivity contribution in [1.29, 1.82) is 5.26 Å². The molecule has 0 unspecified atom stereocenters. The largest absolute Gasteiger partial charge is 0.395 e. The van der Waals surface area contributed by atoms with Gasteiger partial charge in [-0.1, -0.05) is 6.92 Å². The number of carbonyl (C=O) groups excluding carboxylic acids is 1. The molecule has 0 saturated carbocycles. The van der Waals surface area contributed by atoms with Gasteiger partial charge in [0.15, 0.2) is 0 Å². The maximum atomic E-state index is 13.8. The number of aromatic nitrogens is 2. The second-order valence-electron chi connectivity index (χ2n) is 4.45. The summed E-state index contributed by atoms with van der Waals surface area (Å²) in [6.45, 7) is 1.88. The SMILES string of the molecule is CCc1nn(C)c(C(=O)Nc2ccc(C#N)cc2F)c1N. The van der Waals surface area contributed by atoms with Crippen LogP contribution in [0.4, 0.5) is 15.8 Å². The fourth-order valence-corrected chi connectivity index (χ4v) is 1.99. The van der Waals surface area contributed by atoms with Crippen molar-refractivity contribution < 1.29 is 9.18 Å². The second kappa shape index (κ2) is 5.63. The highest BCUT2D eigenvalue weighted by Gasteiger charge is 2.20. The fraction of sp³-hybridized carbons (Fsp3) is 0.214. The fourth-order valence-electron chi connectivity index (χ4n) is 1.99. The van der Waals surface area contributed by atoms with Gasteiger partial charge in [0.05, 0.1) is 28.7 Å². The van der Waals surface area contributed by atoms with Crippen molar-refractivity contribution >= 4 is 17.3 Å². The third kappa shape index (κ3) is 2.69. The van der Waals surface area contributed by atoms with Crippen molar-refractivity contribution in [2.24, 2.45) is 7.05 Å². The summed E-state index contributed by atoms with van der Waals surface area (Å²) in [6.07, 6.45) is 0.595. The van der Waals surface area contributed by atoms with Gasteiger partial charge in [-0.25, -0.2) is 4.39 Å². The van der Waals surface area contributed by atoms with Gasteiger partial charge >= 0.3 is 0 Å². The number of hydrogen-bond acceptors (Lipinski definition) is 4. The van der Waals surface area contributed by atoms with Gasteiger partial charge < -0.3 is 11.1 Å². The number of anilines is 2. The number of nitrogens with zero attached hydrogens (tertiary/aromatic N) is 3. The zero-order valence-corrected chi connectivity index (χ0v) is 11.6. The molecule has 0 aliphatic carbocycles. The lowest BCUT2D eigenvalue weighted by atomic mass is 10.2. The number of carbonyl (C=O) groups is 1. The number of nitrogens with two attached hydrogens (primary N) is 1. The number of halogens is 1. The monoisotopic (exact) mass is 287 g/mol. The zero-order chi connectivity index (χ0) is 15.6. The summed E-state index contributed by atoms with van der Waals surface area (Å²) >= 11 is 0. The topological polar surface area (TPSA) is 96.7 Å². The van der Waals surface area contributed by atoms with Crippen LogP contribution in [0.15, 0.2) is 18.2 Å². The van der Waals surface area contributed by atoms with Gasteiger partial charge in [-0.3, -0.25) is 9.48 Å². The average Bonchev–Trinajstić information content (AvgIpc) is 2.75. The van der Waals surface area contributed by atoms with E-state index in [9.17, 15) is 9.18 Å². The molecule has 1 heterocycles. The van der Waals surface area contributed by atoms with Crippen LogP contribution < -0.4 is 11.1 Å². The van der Waals surface area contributed by atoms with Crippen LogP contribution in [0.1, 0.15) is 28.7 Å².